The molecule has 2 aromatic carbocycles. The molecule has 1 atom stereocenters. The third-order valence-electron chi connectivity index (χ3n) is 4.14. The maximum Gasteiger partial charge on any atom is 0.224 e. The van der Waals surface area contributed by atoms with E-state index in [0.29, 0.717) is 29.7 Å². The van der Waals surface area contributed by atoms with Gasteiger partial charge in [-0.2, -0.15) is 0 Å². The van der Waals surface area contributed by atoms with Gasteiger partial charge >= 0.3 is 0 Å². The lowest BCUT2D eigenvalue weighted by Gasteiger charge is -2.20. The summed E-state index contributed by atoms with van der Waals surface area (Å²) < 4.78 is 11.0. The van der Waals surface area contributed by atoms with Crippen LogP contribution in [0.3, 0.4) is 0 Å². The number of hydrogen-bond donors (Lipinski definition) is 1. The van der Waals surface area contributed by atoms with Gasteiger partial charge in [-0.3, -0.25) is 4.79 Å². The van der Waals surface area contributed by atoms with Crippen molar-refractivity contribution in [1.82, 2.24) is 5.32 Å². The quantitative estimate of drug-likeness (QED) is 0.853. The monoisotopic (exact) mass is 359 g/mol. The van der Waals surface area contributed by atoms with E-state index in [-0.39, 0.29) is 18.4 Å². The van der Waals surface area contributed by atoms with Crippen LogP contribution in [-0.2, 0) is 17.6 Å². The van der Waals surface area contributed by atoms with E-state index in [0.717, 1.165) is 18.4 Å². The summed E-state index contributed by atoms with van der Waals surface area (Å²) in [5, 5.41) is 3.53. The lowest BCUT2D eigenvalue weighted by Crippen LogP contribution is -2.34. The number of benzene rings is 2. The van der Waals surface area contributed by atoms with Gasteiger partial charge in [0.15, 0.2) is 11.5 Å². The van der Waals surface area contributed by atoms with Crippen molar-refractivity contribution in [2.24, 2.45) is 0 Å². The minimum absolute atomic E-state index is 0.0201. The van der Waals surface area contributed by atoms with Crippen molar-refractivity contribution >= 4 is 17.5 Å². The molecule has 2 aromatic rings. The van der Waals surface area contributed by atoms with Gasteiger partial charge in [0, 0.05) is 6.04 Å². The van der Waals surface area contributed by atoms with Crippen LogP contribution in [0.5, 0.6) is 11.5 Å². The highest BCUT2D eigenvalue weighted by Crippen LogP contribution is 2.38. The molecule has 0 radical (unpaired) electrons. The van der Waals surface area contributed by atoms with Crippen LogP contribution >= 0.6 is 11.6 Å². The number of carbonyl (C=O) groups excluding carboxylic acids is 1. The van der Waals surface area contributed by atoms with Gasteiger partial charge in [0.05, 0.1) is 11.4 Å². The van der Waals surface area contributed by atoms with Gasteiger partial charge in [0.1, 0.15) is 13.2 Å². The molecule has 1 amide bonds. The normalized spacial score (nSPS) is 14.0. The Morgan fingerprint density at radius 1 is 1.16 bits per heavy atom. The Morgan fingerprint density at radius 2 is 1.92 bits per heavy atom. The van der Waals surface area contributed by atoms with E-state index in [1.165, 1.54) is 5.56 Å². The predicted molar refractivity (Wildman–Crippen MR) is 98.5 cm³/mol. The molecule has 0 aliphatic carbocycles. The molecule has 0 bridgehead atoms. The molecule has 5 heteroatoms. The molecule has 0 saturated carbocycles. The van der Waals surface area contributed by atoms with Crippen LogP contribution in [0.4, 0.5) is 0 Å². The molecular formula is C20H22ClNO3. The first kappa shape index (κ1) is 17.6. The molecule has 1 aliphatic rings. The molecule has 1 N–H and O–H groups in total. The van der Waals surface area contributed by atoms with Crippen molar-refractivity contribution in [2.75, 3.05) is 13.2 Å². The van der Waals surface area contributed by atoms with Crippen molar-refractivity contribution in [2.45, 2.75) is 32.2 Å². The number of nitrogens with one attached hydrogen (secondary N) is 1. The molecule has 0 saturated heterocycles. The lowest BCUT2D eigenvalue weighted by molar-refractivity contribution is -0.121. The third kappa shape index (κ3) is 4.89. The number of halogens is 1. The van der Waals surface area contributed by atoms with Crippen molar-refractivity contribution in [3.8, 4) is 11.5 Å². The van der Waals surface area contributed by atoms with E-state index in [9.17, 15) is 4.79 Å². The number of amides is 1. The van der Waals surface area contributed by atoms with Crippen LogP contribution < -0.4 is 14.8 Å². The van der Waals surface area contributed by atoms with Crippen LogP contribution in [-0.4, -0.2) is 25.2 Å². The predicted octanol–water partition coefficient (Wildman–Crippen LogP) is 3.79. The van der Waals surface area contributed by atoms with Crippen LogP contribution in [0.25, 0.3) is 0 Å². The van der Waals surface area contributed by atoms with E-state index in [4.69, 9.17) is 21.1 Å². The Kier molecular flexibility index (Phi) is 5.82. The topological polar surface area (TPSA) is 47.6 Å². The van der Waals surface area contributed by atoms with E-state index in [1.807, 2.05) is 31.2 Å². The van der Waals surface area contributed by atoms with Crippen molar-refractivity contribution in [1.29, 1.82) is 0 Å². The van der Waals surface area contributed by atoms with Crippen molar-refractivity contribution < 1.29 is 14.3 Å². The molecule has 1 aliphatic heterocycles. The molecule has 1 unspecified atom stereocenters. The molecule has 0 fully saturated rings. The Bertz CT molecular complexity index is 733. The standard InChI is InChI=1S/C20H22ClNO3/c1-14(7-8-15-5-3-2-4-6-15)22-19(23)13-16-11-17(21)20-18(12-16)24-9-10-25-20/h2-6,11-12,14H,7-10,13H2,1H3,(H,22,23). The second kappa shape index (κ2) is 8.26. The van der Waals surface area contributed by atoms with Gasteiger partial charge < -0.3 is 14.8 Å². The first-order chi connectivity index (χ1) is 12.1. The highest BCUT2D eigenvalue weighted by molar-refractivity contribution is 6.32. The first-order valence-corrected chi connectivity index (χ1v) is 8.91. The summed E-state index contributed by atoms with van der Waals surface area (Å²) in [5.41, 5.74) is 2.10. The highest BCUT2D eigenvalue weighted by Gasteiger charge is 2.18. The van der Waals surface area contributed by atoms with Gasteiger partial charge in [0.25, 0.3) is 0 Å². The largest absolute Gasteiger partial charge is 0.486 e. The molecule has 1 heterocycles. The van der Waals surface area contributed by atoms with Gasteiger partial charge in [-0.05, 0) is 43.0 Å². The fraction of sp³-hybridized carbons (Fsp3) is 0.350. The van der Waals surface area contributed by atoms with Gasteiger partial charge in [-0.15, -0.1) is 0 Å². The first-order valence-electron chi connectivity index (χ1n) is 8.53. The van der Waals surface area contributed by atoms with Gasteiger partial charge in [-0.1, -0.05) is 41.9 Å². The van der Waals surface area contributed by atoms with Crippen molar-refractivity contribution in [3.63, 3.8) is 0 Å². The third-order valence-corrected chi connectivity index (χ3v) is 4.42. The summed E-state index contributed by atoms with van der Waals surface area (Å²) in [5.74, 6) is 1.15. The second-order valence-corrected chi connectivity index (χ2v) is 6.68. The summed E-state index contributed by atoms with van der Waals surface area (Å²) in [6, 6.07) is 14.0. The van der Waals surface area contributed by atoms with E-state index in [1.54, 1.807) is 6.07 Å². The Morgan fingerprint density at radius 3 is 2.72 bits per heavy atom. The summed E-state index contributed by atoms with van der Waals surface area (Å²) in [6.45, 7) is 3.01. The minimum Gasteiger partial charge on any atom is -0.486 e. The number of fused-ring (bicyclic) bond motifs is 1. The Balaban J connectivity index is 1.53. The molecule has 132 valence electrons. The molecule has 0 spiro atoms. The smallest absolute Gasteiger partial charge is 0.224 e. The van der Waals surface area contributed by atoms with E-state index < -0.39 is 0 Å². The summed E-state index contributed by atoms with van der Waals surface area (Å²) in [4.78, 5) is 12.3. The minimum atomic E-state index is -0.0201. The summed E-state index contributed by atoms with van der Waals surface area (Å²) >= 11 is 6.22. The molecule has 25 heavy (non-hydrogen) atoms. The Hall–Kier alpha value is -2.20. The van der Waals surface area contributed by atoms with Crippen LogP contribution in [0.15, 0.2) is 42.5 Å². The van der Waals surface area contributed by atoms with Gasteiger partial charge in [0.2, 0.25) is 5.91 Å². The molecule has 4 nitrogen and oxygen atoms in total. The van der Waals surface area contributed by atoms with Crippen LogP contribution in [0, 0.1) is 0 Å². The summed E-state index contributed by atoms with van der Waals surface area (Å²) in [6.07, 6.45) is 2.11. The lowest BCUT2D eigenvalue weighted by atomic mass is 10.1. The fourth-order valence-corrected chi connectivity index (χ4v) is 3.17. The SMILES string of the molecule is CC(CCc1ccccc1)NC(=O)Cc1cc(Cl)c2c(c1)OCCO2. The maximum atomic E-state index is 12.3. The van der Waals surface area contributed by atoms with Crippen LogP contribution in [0.1, 0.15) is 24.5 Å². The second-order valence-electron chi connectivity index (χ2n) is 6.27. The molecule has 0 aromatic heterocycles. The van der Waals surface area contributed by atoms with Crippen LogP contribution in [0.2, 0.25) is 5.02 Å². The number of carbonyl (C=O) groups is 1. The average Bonchev–Trinajstić information content (AvgIpc) is 2.61. The zero-order valence-electron chi connectivity index (χ0n) is 14.3. The summed E-state index contributed by atoms with van der Waals surface area (Å²) in [7, 11) is 0. The molecular weight excluding hydrogens is 338 g/mol. The number of aryl methyl sites for hydroxylation is 1. The highest BCUT2D eigenvalue weighted by atomic mass is 35.5. The average molecular weight is 360 g/mol. The molecule has 3 rings (SSSR count). The Labute approximate surface area is 153 Å². The maximum absolute atomic E-state index is 12.3. The number of hydrogen-bond acceptors (Lipinski definition) is 3. The number of rotatable bonds is 6. The van der Waals surface area contributed by atoms with Crippen molar-refractivity contribution in [3.05, 3.63) is 58.6 Å². The fourth-order valence-electron chi connectivity index (χ4n) is 2.88. The zero-order chi connectivity index (χ0) is 17.6. The van der Waals surface area contributed by atoms with E-state index >= 15 is 0 Å². The van der Waals surface area contributed by atoms with Gasteiger partial charge in [-0.25, -0.2) is 0 Å². The zero-order valence-corrected chi connectivity index (χ0v) is 15.0. The van der Waals surface area contributed by atoms with E-state index in [2.05, 4.69) is 17.4 Å². The number of ether oxygens (including phenoxy) is 2.